The number of hydrogen-bond donors (Lipinski definition) is 2. The highest BCUT2D eigenvalue weighted by atomic mass is 35.5. The lowest BCUT2D eigenvalue weighted by Gasteiger charge is -2.32. The van der Waals surface area contributed by atoms with Gasteiger partial charge in [-0.15, -0.1) is 12.4 Å². The standard InChI is InChI=1S/C18H27N3O4S.ClH/c1-14-2-4-17(5-3-14)26(23,24)21-9-6-15(7-10-21)20-18(22)12-16-13-25-11-8-19-16;/h2-5,15-16,19H,6-13H2,1H3,(H,20,22);1H. The molecule has 0 aromatic heterocycles. The van der Waals surface area contributed by atoms with Crippen molar-refractivity contribution in [1.82, 2.24) is 14.9 Å². The van der Waals surface area contributed by atoms with Crippen molar-refractivity contribution in [1.29, 1.82) is 0 Å². The topological polar surface area (TPSA) is 87.7 Å². The van der Waals surface area contributed by atoms with Gasteiger partial charge in [0.15, 0.2) is 0 Å². The highest BCUT2D eigenvalue weighted by Crippen LogP contribution is 2.21. The number of halogens is 1. The first-order valence-corrected chi connectivity index (χ1v) is 10.6. The van der Waals surface area contributed by atoms with Crippen LogP contribution in [0.25, 0.3) is 0 Å². The third kappa shape index (κ3) is 5.89. The zero-order valence-corrected chi connectivity index (χ0v) is 17.2. The maximum Gasteiger partial charge on any atom is 0.243 e. The van der Waals surface area contributed by atoms with E-state index in [9.17, 15) is 13.2 Å². The van der Waals surface area contributed by atoms with Crippen LogP contribution in [0.1, 0.15) is 24.8 Å². The average molecular weight is 418 g/mol. The van der Waals surface area contributed by atoms with E-state index in [0.717, 1.165) is 12.1 Å². The molecule has 2 fully saturated rings. The Bertz CT molecular complexity index is 713. The Hall–Kier alpha value is -1.19. The second-order valence-corrected chi connectivity index (χ2v) is 8.93. The molecule has 1 unspecified atom stereocenters. The Morgan fingerprint density at radius 2 is 1.93 bits per heavy atom. The molecular formula is C18H28ClN3O4S. The van der Waals surface area contributed by atoms with Crippen LogP contribution < -0.4 is 10.6 Å². The van der Waals surface area contributed by atoms with Crippen LogP contribution in [0.2, 0.25) is 0 Å². The number of sulfonamides is 1. The van der Waals surface area contributed by atoms with Gasteiger partial charge in [-0.25, -0.2) is 8.42 Å². The summed E-state index contributed by atoms with van der Waals surface area (Å²) in [7, 11) is -3.46. The minimum absolute atomic E-state index is 0. The molecule has 27 heavy (non-hydrogen) atoms. The van der Waals surface area contributed by atoms with E-state index in [2.05, 4.69) is 10.6 Å². The van der Waals surface area contributed by atoms with Crippen molar-refractivity contribution in [3.63, 3.8) is 0 Å². The molecular weight excluding hydrogens is 390 g/mol. The molecule has 0 radical (unpaired) electrons. The summed E-state index contributed by atoms with van der Waals surface area (Å²) in [5, 5.41) is 6.29. The maximum absolute atomic E-state index is 12.7. The van der Waals surface area contributed by atoms with Crippen molar-refractivity contribution in [2.75, 3.05) is 32.8 Å². The number of nitrogens with one attached hydrogen (secondary N) is 2. The summed E-state index contributed by atoms with van der Waals surface area (Å²) in [5.74, 6) is -0.00663. The molecule has 2 saturated heterocycles. The van der Waals surface area contributed by atoms with Crippen LogP contribution in [0.4, 0.5) is 0 Å². The summed E-state index contributed by atoms with van der Waals surface area (Å²) in [4.78, 5) is 12.5. The minimum Gasteiger partial charge on any atom is -0.378 e. The second-order valence-electron chi connectivity index (χ2n) is 6.99. The Labute approximate surface area is 167 Å². The fourth-order valence-electron chi connectivity index (χ4n) is 3.36. The SMILES string of the molecule is Cc1ccc(S(=O)(=O)N2CCC(NC(=O)CC3COCCN3)CC2)cc1.Cl. The van der Waals surface area contributed by atoms with E-state index in [0.29, 0.717) is 50.5 Å². The monoisotopic (exact) mass is 417 g/mol. The quantitative estimate of drug-likeness (QED) is 0.748. The Morgan fingerprint density at radius 1 is 1.26 bits per heavy atom. The molecule has 0 spiro atoms. The molecule has 1 aromatic rings. The predicted molar refractivity (Wildman–Crippen MR) is 106 cm³/mol. The van der Waals surface area contributed by atoms with Crippen LogP contribution >= 0.6 is 12.4 Å². The van der Waals surface area contributed by atoms with Gasteiger partial charge in [-0.3, -0.25) is 4.79 Å². The van der Waals surface area contributed by atoms with E-state index in [1.165, 1.54) is 4.31 Å². The number of morpholine rings is 1. The van der Waals surface area contributed by atoms with Crippen LogP contribution in [0.5, 0.6) is 0 Å². The molecule has 0 aliphatic carbocycles. The van der Waals surface area contributed by atoms with E-state index in [4.69, 9.17) is 4.74 Å². The van der Waals surface area contributed by atoms with E-state index in [-0.39, 0.29) is 30.4 Å². The van der Waals surface area contributed by atoms with E-state index in [1.54, 1.807) is 12.1 Å². The number of hydrogen-bond acceptors (Lipinski definition) is 5. The zero-order valence-electron chi connectivity index (χ0n) is 15.5. The van der Waals surface area contributed by atoms with E-state index < -0.39 is 10.0 Å². The molecule has 9 heteroatoms. The molecule has 0 saturated carbocycles. The fourth-order valence-corrected chi connectivity index (χ4v) is 4.83. The van der Waals surface area contributed by atoms with Crippen molar-refractivity contribution in [3.8, 4) is 0 Å². The molecule has 2 N–H and O–H groups in total. The lowest BCUT2D eigenvalue weighted by atomic mass is 10.1. The first kappa shape index (κ1) is 22.1. The van der Waals surface area contributed by atoms with Gasteiger partial charge in [0, 0.05) is 38.1 Å². The molecule has 2 heterocycles. The molecule has 1 amide bonds. The number of ether oxygens (including phenoxy) is 1. The molecule has 3 rings (SSSR count). The van der Waals surface area contributed by atoms with Gasteiger partial charge >= 0.3 is 0 Å². The van der Waals surface area contributed by atoms with Gasteiger partial charge in [-0.1, -0.05) is 17.7 Å². The summed E-state index contributed by atoms with van der Waals surface area (Å²) in [5.41, 5.74) is 1.03. The number of carbonyl (C=O) groups is 1. The maximum atomic E-state index is 12.7. The number of nitrogens with zero attached hydrogens (tertiary/aromatic N) is 1. The third-order valence-electron chi connectivity index (χ3n) is 4.91. The minimum atomic E-state index is -3.46. The number of rotatable bonds is 5. The van der Waals surface area contributed by atoms with E-state index in [1.807, 2.05) is 19.1 Å². The van der Waals surface area contributed by atoms with Gasteiger partial charge in [-0.2, -0.15) is 4.31 Å². The zero-order chi connectivity index (χ0) is 18.6. The van der Waals surface area contributed by atoms with Crippen LogP contribution in [0.3, 0.4) is 0 Å². The predicted octanol–water partition coefficient (Wildman–Crippen LogP) is 1.06. The highest BCUT2D eigenvalue weighted by Gasteiger charge is 2.30. The van der Waals surface area contributed by atoms with Gasteiger partial charge in [-0.05, 0) is 31.9 Å². The van der Waals surface area contributed by atoms with Crippen molar-refractivity contribution >= 4 is 28.3 Å². The van der Waals surface area contributed by atoms with Gasteiger partial charge in [0.25, 0.3) is 0 Å². The molecule has 2 aliphatic rings. The van der Waals surface area contributed by atoms with Gasteiger partial charge in [0.1, 0.15) is 0 Å². The van der Waals surface area contributed by atoms with E-state index >= 15 is 0 Å². The summed E-state index contributed by atoms with van der Waals surface area (Å²) < 4.78 is 32.3. The second kappa shape index (κ2) is 9.84. The van der Waals surface area contributed by atoms with Crippen molar-refractivity contribution in [2.24, 2.45) is 0 Å². The summed E-state index contributed by atoms with van der Waals surface area (Å²) in [6.45, 7) is 4.79. The van der Waals surface area contributed by atoms with Crippen LogP contribution in [-0.4, -0.2) is 63.6 Å². The van der Waals surface area contributed by atoms with Gasteiger partial charge in [0.05, 0.1) is 18.1 Å². The van der Waals surface area contributed by atoms with Crippen LogP contribution in [0, 0.1) is 6.92 Å². The lowest BCUT2D eigenvalue weighted by molar-refractivity contribution is -0.123. The smallest absolute Gasteiger partial charge is 0.243 e. The third-order valence-corrected chi connectivity index (χ3v) is 6.82. The fraction of sp³-hybridized carbons (Fsp3) is 0.611. The Balaban J connectivity index is 0.00000261. The van der Waals surface area contributed by atoms with Crippen LogP contribution in [-0.2, 0) is 19.6 Å². The lowest BCUT2D eigenvalue weighted by Crippen LogP contribution is -2.49. The van der Waals surface area contributed by atoms with Gasteiger partial charge < -0.3 is 15.4 Å². The summed E-state index contributed by atoms with van der Waals surface area (Å²) in [6, 6.07) is 7.00. The Kier molecular flexibility index (Phi) is 8.05. The molecule has 152 valence electrons. The summed E-state index contributed by atoms with van der Waals surface area (Å²) in [6.07, 6.45) is 1.65. The number of benzene rings is 1. The molecule has 1 atom stereocenters. The molecule has 1 aromatic carbocycles. The number of piperidine rings is 1. The first-order chi connectivity index (χ1) is 12.4. The van der Waals surface area contributed by atoms with Crippen molar-refractivity contribution < 1.29 is 17.9 Å². The highest BCUT2D eigenvalue weighted by molar-refractivity contribution is 7.89. The van der Waals surface area contributed by atoms with Crippen molar-refractivity contribution in [3.05, 3.63) is 29.8 Å². The first-order valence-electron chi connectivity index (χ1n) is 9.12. The number of amides is 1. The number of aryl methyl sites for hydroxylation is 1. The number of carbonyl (C=O) groups excluding carboxylic acids is 1. The summed E-state index contributed by atoms with van der Waals surface area (Å²) >= 11 is 0. The molecule has 7 nitrogen and oxygen atoms in total. The van der Waals surface area contributed by atoms with Crippen LogP contribution in [0.15, 0.2) is 29.2 Å². The average Bonchev–Trinajstić information content (AvgIpc) is 2.63. The molecule has 0 bridgehead atoms. The molecule has 2 aliphatic heterocycles. The normalized spacial score (nSPS) is 22.0. The Morgan fingerprint density at radius 3 is 2.52 bits per heavy atom. The largest absolute Gasteiger partial charge is 0.378 e. The van der Waals surface area contributed by atoms with Gasteiger partial charge in [0.2, 0.25) is 15.9 Å². The van der Waals surface area contributed by atoms with Crippen molar-refractivity contribution in [2.45, 2.75) is 43.2 Å².